The van der Waals surface area contributed by atoms with Crippen molar-refractivity contribution in [2.24, 2.45) is 0 Å². The molecule has 1 unspecified atom stereocenters. The first-order chi connectivity index (χ1) is 8.56. The quantitative estimate of drug-likeness (QED) is 0.742. The Bertz CT molecular complexity index is 487. The zero-order valence-electron chi connectivity index (χ0n) is 9.43. The maximum atomic E-state index is 11.8. The molecular weight excluding hydrogens is 256 g/mol. The largest absolute Gasteiger partial charge is 0.477 e. The van der Waals surface area contributed by atoms with Gasteiger partial charge in [-0.2, -0.15) is 0 Å². The van der Waals surface area contributed by atoms with Gasteiger partial charge in [0.1, 0.15) is 4.88 Å². The van der Waals surface area contributed by atoms with Crippen molar-refractivity contribution in [1.29, 1.82) is 0 Å². The molecule has 7 heteroatoms. The number of carbonyl (C=O) groups is 3. The second kappa shape index (κ2) is 5.18. The fourth-order valence-corrected chi connectivity index (χ4v) is 2.44. The Morgan fingerprint density at radius 2 is 2.11 bits per heavy atom. The molecule has 2 heterocycles. The summed E-state index contributed by atoms with van der Waals surface area (Å²) in [6.45, 7) is 0.418. The first-order valence-corrected chi connectivity index (χ1v) is 6.28. The van der Waals surface area contributed by atoms with Crippen molar-refractivity contribution in [3.8, 4) is 0 Å². The number of hydrogen-bond donors (Lipinski definition) is 3. The van der Waals surface area contributed by atoms with E-state index >= 15 is 0 Å². The van der Waals surface area contributed by atoms with Crippen LogP contribution in [0, 0.1) is 0 Å². The summed E-state index contributed by atoms with van der Waals surface area (Å²) in [5, 5.41) is 14.2. The summed E-state index contributed by atoms with van der Waals surface area (Å²) in [5.74, 6) is -1.34. The summed E-state index contributed by atoms with van der Waals surface area (Å²) >= 11 is 0.939. The molecule has 0 saturated carbocycles. The average Bonchev–Trinajstić information content (AvgIpc) is 2.81. The lowest BCUT2D eigenvalue weighted by Crippen LogP contribution is -2.47. The fourth-order valence-electron chi connectivity index (χ4n) is 1.69. The van der Waals surface area contributed by atoms with E-state index in [1.165, 1.54) is 12.1 Å². The van der Waals surface area contributed by atoms with Crippen LogP contribution < -0.4 is 10.6 Å². The van der Waals surface area contributed by atoms with Gasteiger partial charge in [0.25, 0.3) is 5.91 Å². The molecule has 1 aromatic rings. The Morgan fingerprint density at radius 3 is 2.67 bits per heavy atom. The Labute approximate surface area is 107 Å². The molecule has 1 aliphatic rings. The molecule has 0 radical (unpaired) electrons. The molecule has 1 aliphatic heterocycles. The van der Waals surface area contributed by atoms with Crippen molar-refractivity contribution in [1.82, 2.24) is 10.6 Å². The van der Waals surface area contributed by atoms with Gasteiger partial charge >= 0.3 is 5.97 Å². The van der Waals surface area contributed by atoms with E-state index in [1.54, 1.807) is 0 Å². The van der Waals surface area contributed by atoms with Crippen molar-refractivity contribution < 1.29 is 19.5 Å². The number of nitrogens with one attached hydrogen (secondary N) is 2. The van der Waals surface area contributed by atoms with Crippen LogP contribution in [0.4, 0.5) is 0 Å². The fraction of sp³-hybridized carbons (Fsp3) is 0.364. The topological polar surface area (TPSA) is 95.5 Å². The molecule has 0 aromatic carbocycles. The molecule has 18 heavy (non-hydrogen) atoms. The number of rotatable bonds is 3. The van der Waals surface area contributed by atoms with Crippen LogP contribution in [0.15, 0.2) is 12.1 Å². The normalized spacial score (nSPS) is 19.1. The summed E-state index contributed by atoms with van der Waals surface area (Å²) in [4.78, 5) is 34.0. The number of carboxylic acids is 1. The molecule has 2 amide bonds. The number of carboxylic acid groups (broad SMARTS) is 1. The van der Waals surface area contributed by atoms with Gasteiger partial charge in [0, 0.05) is 19.0 Å². The van der Waals surface area contributed by atoms with Crippen LogP contribution in [-0.2, 0) is 4.79 Å². The summed E-state index contributed by atoms with van der Waals surface area (Å²) in [5.41, 5.74) is 0. The molecule has 96 valence electrons. The number of aromatic carboxylic acids is 1. The van der Waals surface area contributed by atoms with E-state index in [-0.39, 0.29) is 22.7 Å². The van der Waals surface area contributed by atoms with E-state index in [4.69, 9.17) is 5.11 Å². The second-order valence-corrected chi connectivity index (χ2v) is 5.07. The maximum absolute atomic E-state index is 11.8. The molecule has 0 spiro atoms. The first-order valence-electron chi connectivity index (χ1n) is 5.47. The summed E-state index contributed by atoms with van der Waals surface area (Å²) in [6, 6.07) is 2.81. The van der Waals surface area contributed by atoms with Crippen molar-refractivity contribution in [3.05, 3.63) is 21.9 Å². The van der Waals surface area contributed by atoms with Crippen molar-refractivity contribution in [3.63, 3.8) is 0 Å². The minimum absolute atomic E-state index is 0.00946. The Kier molecular flexibility index (Phi) is 3.61. The average molecular weight is 268 g/mol. The van der Waals surface area contributed by atoms with Crippen LogP contribution in [0.25, 0.3) is 0 Å². The van der Waals surface area contributed by atoms with Crippen LogP contribution in [0.3, 0.4) is 0 Å². The Balaban J connectivity index is 1.94. The van der Waals surface area contributed by atoms with Crippen LogP contribution in [0.2, 0.25) is 0 Å². The van der Waals surface area contributed by atoms with E-state index in [1.807, 2.05) is 0 Å². The van der Waals surface area contributed by atoms with Gasteiger partial charge in [0.2, 0.25) is 5.91 Å². The van der Waals surface area contributed by atoms with Crippen LogP contribution >= 0.6 is 11.3 Å². The van der Waals surface area contributed by atoms with Gasteiger partial charge < -0.3 is 15.7 Å². The van der Waals surface area contributed by atoms with Gasteiger partial charge in [0.05, 0.1) is 4.88 Å². The van der Waals surface area contributed by atoms with Gasteiger partial charge in [-0.1, -0.05) is 0 Å². The minimum atomic E-state index is -1.04. The highest BCUT2D eigenvalue weighted by Crippen LogP contribution is 2.16. The molecule has 1 aromatic heterocycles. The predicted molar refractivity (Wildman–Crippen MR) is 64.8 cm³/mol. The molecule has 0 aliphatic carbocycles. The molecule has 1 fully saturated rings. The third kappa shape index (κ3) is 2.86. The van der Waals surface area contributed by atoms with Gasteiger partial charge in [-0.3, -0.25) is 9.59 Å². The lowest BCUT2D eigenvalue weighted by Gasteiger charge is -2.23. The van der Waals surface area contributed by atoms with Crippen molar-refractivity contribution in [2.75, 3.05) is 6.54 Å². The van der Waals surface area contributed by atoms with Gasteiger partial charge in [0.15, 0.2) is 0 Å². The number of carbonyl (C=O) groups excluding carboxylic acids is 2. The van der Waals surface area contributed by atoms with Crippen LogP contribution in [0.1, 0.15) is 32.2 Å². The van der Waals surface area contributed by atoms with E-state index < -0.39 is 5.97 Å². The predicted octanol–water partition coefficient (Wildman–Crippen LogP) is 0.455. The summed E-state index contributed by atoms with van der Waals surface area (Å²) < 4.78 is 0. The summed E-state index contributed by atoms with van der Waals surface area (Å²) in [7, 11) is 0. The third-order valence-electron chi connectivity index (χ3n) is 2.64. The number of amides is 2. The molecule has 1 atom stereocenters. The number of piperidine rings is 1. The monoisotopic (exact) mass is 268 g/mol. The van der Waals surface area contributed by atoms with Gasteiger partial charge in [-0.25, -0.2) is 4.79 Å². The van der Waals surface area contributed by atoms with Gasteiger partial charge in [-0.15, -0.1) is 11.3 Å². The lowest BCUT2D eigenvalue weighted by atomic mass is 10.1. The highest BCUT2D eigenvalue weighted by molar-refractivity contribution is 7.15. The molecule has 0 bridgehead atoms. The zero-order valence-corrected chi connectivity index (χ0v) is 10.3. The van der Waals surface area contributed by atoms with Crippen molar-refractivity contribution in [2.45, 2.75) is 18.9 Å². The third-order valence-corrected chi connectivity index (χ3v) is 3.71. The molecule has 3 N–H and O–H groups in total. The Morgan fingerprint density at radius 1 is 1.39 bits per heavy atom. The Hall–Kier alpha value is -1.89. The summed E-state index contributed by atoms with van der Waals surface area (Å²) in [6.07, 6.45) is 1.00. The van der Waals surface area contributed by atoms with Crippen LogP contribution in [-0.4, -0.2) is 35.5 Å². The zero-order chi connectivity index (χ0) is 13.1. The van der Waals surface area contributed by atoms with E-state index in [9.17, 15) is 14.4 Å². The maximum Gasteiger partial charge on any atom is 0.345 e. The molecule has 2 rings (SSSR count). The van der Waals surface area contributed by atoms with E-state index in [0.717, 1.165) is 11.3 Å². The molecular formula is C11H12N2O4S. The van der Waals surface area contributed by atoms with Crippen LogP contribution in [0.5, 0.6) is 0 Å². The lowest BCUT2D eigenvalue weighted by molar-refractivity contribution is -0.122. The standard InChI is InChI=1S/C11H12N2O4S/c14-9-4-1-6(5-12-9)13-10(15)7-2-3-8(18-7)11(16)17/h2-3,6H,1,4-5H2,(H,12,14)(H,13,15)(H,16,17). The van der Waals surface area contributed by atoms with E-state index in [2.05, 4.69) is 10.6 Å². The highest BCUT2D eigenvalue weighted by Gasteiger charge is 2.21. The van der Waals surface area contributed by atoms with Crippen molar-refractivity contribution >= 4 is 29.1 Å². The molecule has 1 saturated heterocycles. The first kappa shape index (κ1) is 12.6. The number of thiophene rings is 1. The second-order valence-electron chi connectivity index (χ2n) is 3.98. The highest BCUT2D eigenvalue weighted by atomic mass is 32.1. The van der Waals surface area contributed by atoms with E-state index in [0.29, 0.717) is 24.3 Å². The minimum Gasteiger partial charge on any atom is -0.477 e. The SMILES string of the molecule is O=C1CCC(NC(=O)c2ccc(C(=O)O)s2)CN1. The smallest absolute Gasteiger partial charge is 0.345 e. The molecule has 6 nitrogen and oxygen atoms in total. The number of hydrogen-bond acceptors (Lipinski definition) is 4. The van der Waals surface area contributed by atoms with Gasteiger partial charge in [-0.05, 0) is 18.6 Å².